The van der Waals surface area contributed by atoms with Gasteiger partial charge in [0.25, 0.3) is 0 Å². The summed E-state index contributed by atoms with van der Waals surface area (Å²) in [5.74, 6) is 3.89. The van der Waals surface area contributed by atoms with Gasteiger partial charge in [0, 0.05) is 0 Å². The fourth-order valence-electron chi connectivity index (χ4n) is 6.25. The molecule has 112 valence electrons. The van der Waals surface area contributed by atoms with E-state index in [2.05, 4.69) is 24.3 Å². The molecule has 4 aliphatic carbocycles. The van der Waals surface area contributed by atoms with Crippen LogP contribution < -0.4 is 0 Å². The van der Waals surface area contributed by atoms with Crippen molar-refractivity contribution >= 4 is 0 Å². The molecule has 0 saturated heterocycles. The van der Waals surface area contributed by atoms with Gasteiger partial charge in [0.1, 0.15) is 0 Å². The summed E-state index contributed by atoms with van der Waals surface area (Å²) < 4.78 is 0. The van der Waals surface area contributed by atoms with Crippen molar-refractivity contribution in [1.82, 2.24) is 0 Å². The molecule has 0 heterocycles. The lowest BCUT2D eigenvalue weighted by molar-refractivity contribution is -0.0513. The van der Waals surface area contributed by atoms with Gasteiger partial charge >= 0.3 is 0 Å². The van der Waals surface area contributed by atoms with E-state index in [4.69, 9.17) is 0 Å². The Bertz CT molecular complexity index is 561. The van der Waals surface area contributed by atoms with Gasteiger partial charge in [-0.25, -0.2) is 0 Å². The van der Waals surface area contributed by atoms with Gasteiger partial charge in [0.15, 0.2) is 0 Å². The maximum Gasteiger partial charge on any atom is 0.0930 e. The molecular formula is C20H26O. The zero-order valence-corrected chi connectivity index (χ0v) is 12.8. The molecular weight excluding hydrogens is 256 g/mol. The summed E-state index contributed by atoms with van der Waals surface area (Å²) in [6, 6.07) is 9.03. The van der Waals surface area contributed by atoms with Crippen LogP contribution in [-0.4, -0.2) is 5.11 Å². The summed E-state index contributed by atoms with van der Waals surface area (Å²) >= 11 is 0. The second-order valence-electron chi connectivity index (χ2n) is 8.24. The molecule has 1 aromatic rings. The molecule has 1 N–H and O–H groups in total. The quantitative estimate of drug-likeness (QED) is 0.840. The van der Waals surface area contributed by atoms with E-state index in [0.29, 0.717) is 5.92 Å². The smallest absolute Gasteiger partial charge is 0.0930 e. The summed E-state index contributed by atoms with van der Waals surface area (Å²) in [4.78, 5) is 0. The number of rotatable bonds is 2. The molecule has 2 bridgehead atoms. The molecule has 0 aromatic heterocycles. The first-order chi connectivity index (χ1) is 10.3. The Labute approximate surface area is 127 Å². The number of benzene rings is 1. The SMILES string of the molecule is OC1(c2cccc(C3CCC3)c2)CC2CC1C1CCCC21. The highest BCUT2D eigenvalue weighted by Gasteiger charge is 2.60. The highest BCUT2D eigenvalue weighted by atomic mass is 16.3. The minimum atomic E-state index is -0.504. The van der Waals surface area contributed by atoms with Crippen molar-refractivity contribution in [2.75, 3.05) is 0 Å². The first-order valence-electron chi connectivity index (χ1n) is 9.08. The Hall–Kier alpha value is -0.820. The number of fused-ring (bicyclic) bond motifs is 5. The van der Waals surface area contributed by atoms with Crippen molar-refractivity contribution in [2.45, 2.75) is 62.9 Å². The van der Waals surface area contributed by atoms with Gasteiger partial charge in [0.2, 0.25) is 0 Å². The largest absolute Gasteiger partial charge is 0.385 e. The van der Waals surface area contributed by atoms with Gasteiger partial charge < -0.3 is 5.11 Å². The standard InChI is InChI=1S/C20H26O/c21-20(12-15-11-19(20)18-9-3-8-17(15)18)16-7-2-6-14(10-16)13-4-1-5-13/h2,6-7,10,13,15,17-19,21H,1,3-5,8-9,11-12H2. The zero-order chi connectivity index (χ0) is 14.0. The number of hydrogen-bond acceptors (Lipinski definition) is 1. The van der Waals surface area contributed by atoms with Crippen molar-refractivity contribution in [2.24, 2.45) is 23.7 Å². The average Bonchev–Trinajstić information content (AvgIpc) is 3.08. The third-order valence-electron chi connectivity index (χ3n) is 7.45. The van der Waals surface area contributed by atoms with Gasteiger partial charge in [-0.15, -0.1) is 0 Å². The summed E-state index contributed by atoms with van der Waals surface area (Å²) in [6.07, 6.45) is 10.6. The van der Waals surface area contributed by atoms with Gasteiger partial charge in [0.05, 0.1) is 5.60 Å². The van der Waals surface area contributed by atoms with Crippen LogP contribution in [0.3, 0.4) is 0 Å². The molecule has 0 aliphatic heterocycles. The molecule has 0 amide bonds. The lowest BCUT2D eigenvalue weighted by Gasteiger charge is -2.40. The van der Waals surface area contributed by atoms with Crippen molar-refractivity contribution < 1.29 is 5.11 Å². The predicted octanol–water partition coefficient (Wildman–Crippen LogP) is 4.60. The van der Waals surface area contributed by atoms with Crippen LogP contribution in [-0.2, 0) is 5.60 Å². The molecule has 5 unspecified atom stereocenters. The van der Waals surface area contributed by atoms with Crippen LogP contribution in [0, 0.1) is 23.7 Å². The Morgan fingerprint density at radius 3 is 2.62 bits per heavy atom. The molecule has 0 radical (unpaired) electrons. The molecule has 1 heteroatoms. The summed E-state index contributed by atoms with van der Waals surface area (Å²) in [5, 5.41) is 11.5. The van der Waals surface area contributed by atoms with Crippen molar-refractivity contribution in [3.05, 3.63) is 35.4 Å². The Kier molecular flexibility index (Phi) is 2.63. The van der Waals surface area contributed by atoms with Crippen LogP contribution in [0.15, 0.2) is 24.3 Å². The van der Waals surface area contributed by atoms with E-state index in [1.807, 2.05) is 0 Å². The van der Waals surface area contributed by atoms with Crippen LogP contribution in [0.1, 0.15) is 68.4 Å². The normalized spacial score (nSPS) is 44.8. The fraction of sp³-hybridized carbons (Fsp3) is 0.700. The lowest BCUT2D eigenvalue weighted by atomic mass is 9.69. The topological polar surface area (TPSA) is 20.2 Å². The van der Waals surface area contributed by atoms with E-state index < -0.39 is 5.60 Å². The highest BCUT2D eigenvalue weighted by molar-refractivity contribution is 5.34. The molecule has 21 heavy (non-hydrogen) atoms. The van der Waals surface area contributed by atoms with Gasteiger partial charge in [-0.1, -0.05) is 37.1 Å². The second-order valence-corrected chi connectivity index (χ2v) is 8.24. The van der Waals surface area contributed by atoms with Crippen LogP contribution in [0.25, 0.3) is 0 Å². The van der Waals surface area contributed by atoms with Crippen LogP contribution in [0.4, 0.5) is 0 Å². The molecule has 5 atom stereocenters. The summed E-state index contributed by atoms with van der Waals surface area (Å²) in [5.41, 5.74) is 2.22. The van der Waals surface area contributed by atoms with Gasteiger partial charge in [-0.2, -0.15) is 0 Å². The van der Waals surface area contributed by atoms with Gasteiger partial charge in [-0.05, 0) is 79.2 Å². The van der Waals surface area contributed by atoms with Crippen molar-refractivity contribution in [3.63, 3.8) is 0 Å². The monoisotopic (exact) mass is 282 g/mol. The first kappa shape index (κ1) is 12.7. The predicted molar refractivity (Wildman–Crippen MR) is 84.0 cm³/mol. The van der Waals surface area contributed by atoms with Crippen molar-refractivity contribution in [1.29, 1.82) is 0 Å². The van der Waals surface area contributed by atoms with E-state index in [1.54, 1.807) is 0 Å². The van der Waals surface area contributed by atoms with E-state index >= 15 is 0 Å². The fourth-order valence-corrected chi connectivity index (χ4v) is 6.25. The first-order valence-corrected chi connectivity index (χ1v) is 9.08. The van der Waals surface area contributed by atoms with Crippen LogP contribution >= 0.6 is 0 Å². The maximum atomic E-state index is 11.5. The molecule has 4 aliphatic rings. The molecule has 1 aromatic carbocycles. The third kappa shape index (κ3) is 1.67. The molecule has 5 rings (SSSR count). The summed E-state index contributed by atoms with van der Waals surface area (Å²) in [7, 11) is 0. The summed E-state index contributed by atoms with van der Waals surface area (Å²) in [6.45, 7) is 0. The van der Waals surface area contributed by atoms with E-state index in [0.717, 1.165) is 30.1 Å². The molecule has 4 fully saturated rings. The maximum absolute atomic E-state index is 11.5. The van der Waals surface area contributed by atoms with Gasteiger partial charge in [-0.3, -0.25) is 0 Å². The zero-order valence-electron chi connectivity index (χ0n) is 12.8. The highest BCUT2D eigenvalue weighted by Crippen LogP contribution is 2.65. The van der Waals surface area contributed by atoms with E-state index in [9.17, 15) is 5.11 Å². The van der Waals surface area contributed by atoms with Crippen LogP contribution in [0.5, 0.6) is 0 Å². The Balaban J connectivity index is 1.49. The lowest BCUT2D eigenvalue weighted by Crippen LogP contribution is -2.39. The third-order valence-corrected chi connectivity index (χ3v) is 7.45. The number of hydrogen-bond donors (Lipinski definition) is 1. The molecule has 1 nitrogen and oxygen atoms in total. The van der Waals surface area contributed by atoms with E-state index in [-0.39, 0.29) is 0 Å². The minimum Gasteiger partial charge on any atom is -0.385 e. The average molecular weight is 282 g/mol. The minimum absolute atomic E-state index is 0.504. The Morgan fingerprint density at radius 2 is 1.81 bits per heavy atom. The Morgan fingerprint density at radius 1 is 1.00 bits per heavy atom. The van der Waals surface area contributed by atoms with Crippen LogP contribution in [0.2, 0.25) is 0 Å². The molecule has 4 saturated carbocycles. The van der Waals surface area contributed by atoms with Crippen molar-refractivity contribution in [3.8, 4) is 0 Å². The molecule has 0 spiro atoms. The van der Waals surface area contributed by atoms with E-state index in [1.165, 1.54) is 56.1 Å². The number of aliphatic hydroxyl groups is 1. The second kappa shape index (κ2) is 4.35.